The Labute approximate surface area is 188 Å². The first kappa shape index (κ1) is 21.8. The molecule has 8 nitrogen and oxygen atoms in total. The van der Waals surface area contributed by atoms with Gasteiger partial charge in [-0.3, -0.25) is 4.79 Å². The lowest BCUT2D eigenvalue weighted by atomic mass is 10.1. The van der Waals surface area contributed by atoms with E-state index in [9.17, 15) is 4.79 Å². The molecule has 4 rings (SSSR count). The maximum Gasteiger partial charge on any atom is 0.224 e. The van der Waals surface area contributed by atoms with Crippen LogP contribution in [0.2, 0.25) is 0 Å². The molecule has 0 aliphatic carbocycles. The molecule has 3 aromatic rings. The van der Waals surface area contributed by atoms with Gasteiger partial charge < -0.3 is 15.0 Å². The number of anilines is 2. The van der Waals surface area contributed by atoms with Crippen molar-refractivity contribution in [2.45, 2.75) is 46.0 Å². The molecule has 3 heterocycles. The normalized spacial score (nSPS) is 13.8. The minimum absolute atomic E-state index is 0.0459. The van der Waals surface area contributed by atoms with Crippen LogP contribution in [0.1, 0.15) is 42.6 Å². The number of nitrogens with zero attached hydrogens (tertiary/aromatic N) is 5. The molecule has 1 aliphatic rings. The van der Waals surface area contributed by atoms with Gasteiger partial charge in [-0.25, -0.2) is 4.68 Å². The van der Waals surface area contributed by atoms with Crippen LogP contribution >= 0.6 is 0 Å². The highest BCUT2D eigenvalue weighted by Gasteiger charge is 2.17. The number of rotatable bonds is 7. The number of carbonyl (C=O) groups is 1. The second kappa shape index (κ2) is 9.80. The van der Waals surface area contributed by atoms with Crippen LogP contribution < -0.4 is 15.0 Å². The summed E-state index contributed by atoms with van der Waals surface area (Å²) in [5, 5.41) is 16.4. The van der Waals surface area contributed by atoms with E-state index in [2.05, 4.69) is 25.5 Å². The van der Waals surface area contributed by atoms with Crippen molar-refractivity contribution >= 4 is 17.4 Å². The number of hydrogen-bond acceptors (Lipinski definition) is 6. The minimum Gasteiger partial charge on any atom is -0.497 e. The summed E-state index contributed by atoms with van der Waals surface area (Å²) >= 11 is 0. The average Bonchev–Trinajstić information content (AvgIpc) is 3.11. The second-order valence-corrected chi connectivity index (χ2v) is 8.14. The number of carbonyl (C=O) groups excluding carboxylic acids is 1. The lowest BCUT2D eigenvalue weighted by molar-refractivity contribution is -0.116. The summed E-state index contributed by atoms with van der Waals surface area (Å²) in [6.07, 6.45) is 4.66. The van der Waals surface area contributed by atoms with Gasteiger partial charge in [0.25, 0.3) is 0 Å². The van der Waals surface area contributed by atoms with Crippen LogP contribution in [-0.2, 0) is 11.2 Å². The zero-order chi connectivity index (χ0) is 22.5. The first-order chi connectivity index (χ1) is 15.5. The molecule has 1 aliphatic heterocycles. The van der Waals surface area contributed by atoms with Gasteiger partial charge in [0.05, 0.1) is 12.8 Å². The van der Waals surface area contributed by atoms with E-state index in [0.717, 1.165) is 41.5 Å². The second-order valence-electron chi connectivity index (χ2n) is 8.14. The first-order valence-corrected chi connectivity index (χ1v) is 11.1. The fourth-order valence-electron chi connectivity index (χ4n) is 4.15. The van der Waals surface area contributed by atoms with E-state index in [-0.39, 0.29) is 5.91 Å². The number of benzene rings is 1. The molecule has 1 fully saturated rings. The third kappa shape index (κ3) is 4.90. The van der Waals surface area contributed by atoms with Gasteiger partial charge in [-0.05, 0) is 69.4 Å². The number of hydrogen-bond donors (Lipinski definition) is 1. The predicted molar refractivity (Wildman–Crippen MR) is 125 cm³/mol. The molecule has 32 heavy (non-hydrogen) atoms. The van der Waals surface area contributed by atoms with Gasteiger partial charge in [0.1, 0.15) is 5.75 Å². The standard InChI is InChI=1S/C24H30N6O2/c1-17-21(10-13-24(31)25-19-8-7-9-20(16-19)32-3)18(2)30(28-17)23-12-11-22(26-27-23)29-14-5-4-6-15-29/h7-9,11-12,16H,4-6,10,13-15H2,1-3H3,(H,25,31). The van der Waals surface area contributed by atoms with Crippen molar-refractivity contribution in [2.75, 3.05) is 30.4 Å². The molecule has 0 saturated carbocycles. The molecule has 0 spiro atoms. The average molecular weight is 435 g/mol. The molecule has 1 N–H and O–H groups in total. The van der Waals surface area contributed by atoms with Gasteiger partial charge in [-0.2, -0.15) is 5.10 Å². The summed E-state index contributed by atoms with van der Waals surface area (Å²) in [6.45, 7) is 6.05. The molecular formula is C24H30N6O2. The summed E-state index contributed by atoms with van der Waals surface area (Å²) < 4.78 is 7.02. The fourth-order valence-corrected chi connectivity index (χ4v) is 4.15. The molecule has 1 amide bonds. The van der Waals surface area contributed by atoms with E-state index < -0.39 is 0 Å². The van der Waals surface area contributed by atoms with Gasteiger partial charge in [0.15, 0.2) is 11.6 Å². The Morgan fingerprint density at radius 3 is 2.53 bits per heavy atom. The number of aromatic nitrogens is 4. The van der Waals surface area contributed by atoms with Crippen molar-refractivity contribution in [2.24, 2.45) is 0 Å². The van der Waals surface area contributed by atoms with Crippen LogP contribution in [0, 0.1) is 13.8 Å². The van der Waals surface area contributed by atoms with Crippen molar-refractivity contribution in [1.29, 1.82) is 0 Å². The number of ether oxygens (including phenoxy) is 1. The van der Waals surface area contributed by atoms with Gasteiger partial charge in [0.2, 0.25) is 5.91 Å². The number of methoxy groups -OCH3 is 1. The van der Waals surface area contributed by atoms with Crippen LogP contribution in [0.3, 0.4) is 0 Å². The number of amides is 1. The van der Waals surface area contributed by atoms with Crippen LogP contribution in [0.15, 0.2) is 36.4 Å². The van der Waals surface area contributed by atoms with Crippen LogP contribution in [0.25, 0.3) is 5.82 Å². The SMILES string of the molecule is COc1cccc(NC(=O)CCc2c(C)nn(-c3ccc(N4CCCCC4)nn3)c2C)c1. The van der Waals surface area contributed by atoms with Crippen molar-refractivity contribution in [3.05, 3.63) is 53.3 Å². The highest BCUT2D eigenvalue weighted by atomic mass is 16.5. The fraction of sp³-hybridized carbons (Fsp3) is 0.417. The number of nitrogens with one attached hydrogen (secondary N) is 1. The zero-order valence-electron chi connectivity index (χ0n) is 19.0. The van der Waals surface area contributed by atoms with Gasteiger partial charge in [0, 0.05) is 37.0 Å². The maximum absolute atomic E-state index is 12.5. The lowest BCUT2D eigenvalue weighted by Crippen LogP contribution is -2.30. The topological polar surface area (TPSA) is 85.2 Å². The molecular weight excluding hydrogens is 404 g/mol. The summed E-state index contributed by atoms with van der Waals surface area (Å²) in [4.78, 5) is 14.8. The Balaban J connectivity index is 1.41. The molecule has 0 bridgehead atoms. The van der Waals surface area contributed by atoms with E-state index in [1.807, 2.05) is 48.9 Å². The molecule has 0 radical (unpaired) electrons. The van der Waals surface area contributed by atoms with Gasteiger partial charge >= 0.3 is 0 Å². The van der Waals surface area contributed by atoms with Gasteiger partial charge in [-0.15, -0.1) is 10.2 Å². The smallest absolute Gasteiger partial charge is 0.224 e. The van der Waals surface area contributed by atoms with E-state index >= 15 is 0 Å². The maximum atomic E-state index is 12.5. The third-order valence-corrected chi connectivity index (χ3v) is 5.93. The van der Waals surface area contributed by atoms with Crippen molar-refractivity contribution in [3.8, 4) is 11.6 Å². The summed E-state index contributed by atoms with van der Waals surface area (Å²) in [5.41, 5.74) is 3.67. The highest BCUT2D eigenvalue weighted by molar-refractivity contribution is 5.91. The Hall–Kier alpha value is -3.42. The summed E-state index contributed by atoms with van der Waals surface area (Å²) in [5.74, 6) is 2.28. The monoisotopic (exact) mass is 434 g/mol. The Morgan fingerprint density at radius 1 is 1.06 bits per heavy atom. The molecule has 2 aromatic heterocycles. The van der Waals surface area contributed by atoms with Crippen molar-refractivity contribution < 1.29 is 9.53 Å². The number of piperidine rings is 1. The molecule has 8 heteroatoms. The van der Waals surface area contributed by atoms with Crippen molar-refractivity contribution in [3.63, 3.8) is 0 Å². The lowest BCUT2D eigenvalue weighted by Gasteiger charge is -2.27. The highest BCUT2D eigenvalue weighted by Crippen LogP contribution is 2.22. The first-order valence-electron chi connectivity index (χ1n) is 11.1. The molecule has 0 atom stereocenters. The van der Waals surface area contributed by atoms with E-state index in [1.54, 1.807) is 13.2 Å². The van der Waals surface area contributed by atoms with Crippen molar-refractivity contribution in [1.82, 2.24) is 20.0 Å². The molecule has 1 aromatic carbocycles. The van der Waals surface area contributed by atoms with Crippen LogP contribution in [0.5, 0.6) is 5.75 Å². The quantitative estimate of drug-likeness (QED) is 0.608. The molecule has 168 valence electrons. The molecule has 0 unspecified atom stereocenters. The van der Waals surface area contributed by atoms with Crippen LogP contribution in [-0.4, -0.2) is 46.1 Å². The zero-order valence-corrected chi connectivity index (χ0v) is 19.0. The summed E-state index contributed by atoms with van der Waals surface area (Å²) in [7, 11) is 1.61. The minimum atomic E-state index is -0.0459. The van der Waals surface area contributed by atoms with E-state index in [4.69, 9.17) is 4.74 Å². The number of aryl methyl sites for hydroxylation is 1. The third-order valence-electron chi connectivity index (χ3n) is 5.93. The predicted octanol–water partition coefficient (Wildman–Crippen LogP) is 3.85. The van der Waals surface area contributed by atoms with E-state index in [0.29, 0.717) is 24.4 Å². The largest absolute Gasteiger partial charge is 0.497 e. The Bertz CT molecular complexity index is 1070. The summed E-state index contributed by atoms with van der Waals surface area (Å²) in [6, 6.07) is 11.3. The van der Waals surface area contributed by atoms with Crippen LogP contribution in [0.4, 0.5) is 11.5 Å². The van der Waals surface area contributed by atoms with E-state index in [1.165, 1.54) is 19.3 Å². The molecule has 1 saturated heterocycles. The van der Waals surface area contributed by atoms with Gasteiger partial charge in [-0.1, -0.05) is 6.07 Å². The Kier molecular flexibility index (Phi) is 6.68. The Morgan fingerprint density at radius 2 is 1.81 bits per heavy atom.